The quantitative estimate of drug-likeness (QED) is 0.181. The lowest BCUT2D eigenvalue weighted by Gasteiger charge is -2.33. The highest BCUT2D eigenvalue weighted by molar-refractivity contribution is 5.91. The highest BCUT2D eigenvalue weighted by Crippen LogP contribution is 2.32. The van der Waals surface area contributed by atoms with Crippen molar-refractivity contribution in [3.05, 3.63) is 144 Å². The van der Waals surface area contributed by atoms with Crippen LogP contribution in [0.1, 0.15) is 41.4 Å². The van der Waals surface area contributed by atoms with E-state index in [-0.39, 0.29) is 22.3 Å². The van der Waals surface area contributed by atoms with E-state index in [2.05, 4.69) is 0 Å². The van der Waals surface area contributed by atoms with Crippen LogP contribution in [0.3, 0.4) is 0 Å². The minimum absolute atomic E-state index is 0.0606. The molecule has 1 saturated heterocycles. The molecule has 10 nitrogen and oxygen atoms in total. The topological polar surface area (TPSA) is 124 Å². The first-order chi connectivity index (χ1) is 22.4. The van der Waals surface area contributed by atoms with Gasteiger partial charge in [0.2, 0.25) is 12.4 Å². The zero-order valence-corrected chi connectivity index (χ0v) is 24.5. The summed E-state index contributed by atoms with van der Waals surface area (Å²) >= 11 is 0. The Bertz CT molecular complexity index is 1620. The van der Waals surface area contributed by atoms with Gasteiger partial charge in [-0.05, 0) is 48.5 Å². The van der Waals surface area contributed by atoms with Crippen molar-refractivity contribution in [2.24, 2.45) is 0 Å². The lowest BCUT2D eigenvalue weighted by Crippen LogP contribution is -2.52. The van der Waals surface area contributed by atoms with E-state index in [1.807, 2.05) is 0 Å². The summed E-state index contributed by atoms with van der Waals surface area (Å²) in [6, 6.07) is 31.0. The lowest BCUT2D eigenvalue weighted by atomic mass is 10.0. The minimum atomic E-state index is -2.33. The molecule has 4 aromatic carbocycles. The summed E-state index contributed by atoms with van der Waals surface area (Å²) in [6.45, 7) is 0. The van der Waals surface area contributed by atoms with Crippen molar-refractivity contribution in [3.63, 3.8) is 0 Å². The number of methoxy groups -OCH3 is 1. The van der Waals surface area contributed by atoms with E-state index in [1.165, 1.54) is 48.5 Å². The molecule has 236 valence electrons. The van der Waals surface area contributed by atoms with Crippen molar-refractivity contribution in [1.82, 2.24) is 0 Å². The predicted molar refractivity (Wildman–Crippen MR) is 159 cm³/mol. The Morgan fingerprint density at radius 3 is 1.17 bits per heavy atom. The molecule has 1 aliphatic heterocycles. The molecule has 0 spiro atoms. The van der Waals surface area contributed by atoms with Crippen LogP contribution in [0, 0.1) is 0 Å². The first-order valence-electron chi connectivity index (χ1n) is 14.2. The Morgan fingerprint density at radius 1 is 0.478 bits per heavy atom. The van der Waals surface area contributed by atoms with Gasteiger partial charge in [-0.3, -0.25) is 0 Å². The van der Waals surface area contributed by atoms with Gasteiger partial charge >= 0.3 is 23.9 Å². The molecule has 46 heavy (non-hydrogen) atoms. The molecule has 0 aromatic heterocycles. The molecule has 6 atom stereocenters. The zero-order valence-electron chi connectivity index (χ0n) is 24.5. The van der Waals surface area contributed by atoms with Gasteiger partial charge in [-0.1, -0.05) is 72.8 Å². The van der Waals surface area contributed by atoms with Crippen molar-refractivity contribution in [2.45, 2.75) is 37.1 Å². The largest absolute Gasteiger partial charge is 0.451 e. The van der Waals surface area contributed by atoms with E-state index >= 15 is 4.39 Å². The molecule has 0 aliphatic carbocycles. The van der Waals surface area contributed by atoms with Crippen LogP contribution in [0.4, 0.5) is 4.39 Å². The molecule has 0 bridgehead atoms. The first-order valence-corrected chi connectivity index (χ1v) is 14.2. The number of ether oxygens (including phenoxy) is 6. The van der Waals surface area contributed by atoms with Crippen molar-refractivity contribution < 1.29 is 52.0 Å². The number of rotatable bonds is 9. The van der Waals surface area contributed by atoms with Crippen LogP contribution in [-0.2, 0) is 28.4 Å². The van der Waals surface area contributed by atoms with E-state index in [1.54, 1.807) is 72.8 Å². The highest BCUT2D eigenvalue weighted by atomic mass is 19.1. The van der Waals surface area contributed by atoms with Crippen molar-refractivity contribution in [3.8, 4) is 0 Å². The van der Waals surface area contributed by atoms with E-state index in [0.717, 1.165) is 7.11 Å². The number of benzene rings is 4. The third kappa shape index (κ3) is 7.63. The average Bonchev–Trinajstić information content (AvgIpc) is 3.20. The standard InChI is InChI=1S/C35H29FO10/c1-41-34-26(36)27(42-30(37)22-14-6-2-7-15-22)28(43-31(38)23-16-8-3-9-17-23)29(44-32(39)24-18-10-4-11-19-24)35(46-34)45-33(40)25-20-12-5-13-21-25/h2-21,26-29,34-35H,1H3/t26-,27?,28?,29-,34?,35?/m0/s1. The summed E-state index contributed by atoms with van der Waals surface area (Å²) in [5.41, 5.74) is 0.294. The Morgan fingerprint density at radius 2 is 0.804 bits per heavy atom. The fourth-order valence-electron chi connectivity index (χ4n) is 4.68. The number of hydrogen-bond acceptors (Lipinski definition) is 10. The maximum absolute atomic E-state index is 16.4. The molecule has 1 heterocycles. The molecule has 1 aliphatic rings. The van der Waals surface area contributed by atoms with Crippen LogP contribution < -0.4 is 0 Å². The molecule has 4 unspecified atom stereocenters. The third-order valence-electron chi connectivity index (χ3n) is 6.98. The Balaban J connectivity index is 1.59. The van der Waals surface area contributed by atoms with E-state index in [9.17, 15) is 19.2 Å². The second kappa shape index (κ2) is 15.1. The third-order valence-corrected chi connectivity index (χ3v) is 6.98. The highest BCUT2D eigenvalue weighted by Gasteiger charge is 2.55. The summed E-state index contributed by atoms with van der Waals surface area (Å²) in [7, 11) is 1.12. The number of carbonyl (C=O) groups excluding carboxylic acids is 4. The first kappa shape index (κ1) is 32.0. The van der Waals surface area contributed by atoms with Gasteiger partial charge in [0.05, 0.1) is 22.3 Å². The fourth-order valence-corrected chi connectivity index (χ4v) is 4.68. The van der Waals surface area contributed by atoms with Gasteiger partial charge in [0.1, 0.15) is 0 Å². The molecule has 0 amide bonds. The number of esters is 4. The average molecular weight is 629 g/mol. The fraction of sp³-hybridized carbons (Fsp3) is 0.200. The van der Waals surface area contributed by atoms with Crippen LogP contribution in [0.5, 0.6) is 0 Å². The SMILES string of the molecule is COC1OC(OC(=O)c2ccccc2)[C@@H](OC(=O)c2ccccc2)C(OC(=O)c2ccccc2)C(OC(=O)c2ccccc2)[C@@H]1F. The molecular weight excluding hydrogens is 599 g/mol. The van der Waals surface area contributed by atoms with Crippen molar-refractivity contribution in [2.75, 3.05) is 7.11 Å². The summed E-state index contributed by atoms with van der Waals surface area (Å²) in [4.78, 5) is 53.3. The van der Waals surface area contributed by atoms with Crippen molar-refractivity contribution in [1.29, 1.82) is 0 Å². The number of hydrogen-bond donors (Lipinski definition) is 0. The Hall–Kier alpha value is -5.39. The van der Waals surface area contributed by atoms with Crippen LogP contribution in [0.25, 0.3) is 0 Å². The van der Waals surface area contributed by atoms with Crippen molar-refractivity contribution >= 4 is 23.9 Å². The molecule has 0 saturated carbocycles. The predicted octanol–water partition coefficient (Wildman–Crippen LogP) is 5.19. The Labute approximate surface area is 263 Å². The second-order valence-corrected chi connectivity index (χ2v) is 10.0. The van der Waals surface area contributed by atoms with Gasteiger partial charge in [-0.15, -0.1) is 0 Å². The number of halogens is 1. The monoisotopic (exact) mass is 628 g/mol. The van der Waals surface area contributed by atoms with Crippen LogP contribution in [-0.4, -0.2) is 68.1 Å². The molecule has 5 rings (SSSR count). The van der Waals surface area contributed by atoms with E-state index in [0.29, 0.717) is 0 Å². The second-order valence-electron chi connectivity index (χ2n) is 10.0. The van der Waals surface area contributed by atoms with Crippen LogP contribution in [0.2, 0.25) is 0 Å². The van der Waals surface area contributed by atoms with Gasteiger partial charge < -0.3 is 28.4 Å². The molecular formula is C35H29FO10. The maximum atomic E-state index is 16.4. The number of carbonyl (C=O) groups is 4. The van der Waals surface area contributed by atoms with Gasteiger partial charge in [-0.25, -0.2) is 23.6 Å². The Kier molecular flexibility index (Phi) is 10.5. The van der Waals surface area contributed by atoms with Crippen LogP contribution in [0.15, 0.2) is 121 Å². The molecule has 0 radical (unpaired) electrons. The van der Waals surface area contributed by atoms with Gasteiger partial charge in [0.15, 0.2) is 24.7 Å². The number of alkyl halides is 1. The molecule has 11 heteroatoms. The molecule has 4 aromatic rings. The van der Waals surface area contributed by atoms with E-state index < -0.39 is 60.9 Å². The summed E-state index contributed by atoms with van der Waals surface area (Å²) < 4.78 is 50.2. The van der Waals surface area contributed by atoms with Gasteiger partial charge in [0, 0.05) is 7.11 Å². The summed E-state index contributed by atoms with van der Waals surface area (Å²) in [6.07, 6.45) is -11.8. The lowest BCUT2D eigenvalue weighted by molar-refractivity contribution is -0.257. The van der Waals surface area contributed by atoms with Gasteiger partial charge in [0.25, 0.3) is 0 Å². The summed E-state index contributed by atoms with van der Waals surface area (Å²) in [5, 5.41) is 0. The zero-order chi connectivity index (χ0) is 32.5. The molecule has 1 fully saturated rings. The van der Waals surface area contributed by atoms with E-state index in [4.69, 9.17) is 28.4 Å². The smallest absolute Gasteiger partial charge is 0.340 e. The minimum Gasteiger partial charge on any atom is -0.451 e. The maximum Gasteiger partial charge on any atom is 0.340 e. The van der Waals surface area contributed by atoms with Gasteiger partial charge in [-0.2, -0.15) is 0 Å². The summed E-state index contributed by atoms with van der Waals surface area (Å²) in [5.74, 6) is -3.82. The normalized spacial score (nSPS) is 22.5. The van der Waals surface area contributed by atoms with Crippen LogP contribution >= 0.6 is 0 Å². The molecule has 0 N–H and O–H groups in total.